The average Bonchev–Trinajstić information content (AvgIpc) is 3.43. The molecule has 0 radical (unpaired) electrons. The molecule has 0 amide bonds. The largest absolute Gasteiger partial charge is 0.497 e. The monoisotopic (exact) mass is 489 g/mol. The fraction of sp³-hybridized carbons (Fsp3) is 0.0769. The van der Waals surface area contributed by atoms with Crippen LogP contribution in [0.15, 0.2) is 90.1 Å². The van der Waals surface area contributed by atoms with Crippen LogP contribution in [0.25, 0.3) is 32.6 Å². The predicted molar refractivity (Wildman–Crippen MR) is 140 cm³/mol. The Bertz CT molecular complexity index is 1410. The number of thiophene rings is 1. The SMILES string of the molecule is COc1ccc(-n2c(SCC=Cc3ccccc3)nnc2-c2sc3ccccc3c2Cl)cc1. The molecule has 5 aromatic rings. The average molecular weight is 490 g/mol. The molecule has 33 heavy (non-hydrogen) atoms. The summed E-state index contributed by atoms with van der Waals surface area (Å²) in [7, 11) is 1.66. The molecule has 0 spiro atoms. The predicted octanol–water partition coefficient (Wildman–Crippen LogP) is 7.62. The van der Waals surface area contributed by atoms with Crippen molar-refractivity contribution in [1.82, 2.24) is 14.8 Å². The first-order valence-corrected chi connectivity index (χ1v) is 12.5. The third-order valence-corrected chi connectivity index (χ3v) is 7.67. The minimum Gasteiger partial charge on any atom is -0.497 e. The van der Waals surface area contributed by atoms with Gasteiger partial charge in [0.1, 0.15) is 5.75 Å². The Labute approximate surface area is 205 Å². The number of hydrogen-bond donors (Lipinski definition) is 0. The van der Waals surface area contributed by atoms with Crippen LogP contribution in [0.2, 0.25) is 5.02 Å². The van der Waals surface area contributed by atoms with E-state index in [-0.39, 0.29) is 0 Å². The van der Waals surface area contributed by atoms with Crippen LogP contribution in [0.3, 0.4) is 0 Å². The van der Waals surface area contributed by atoms with Gasteiger partial charge in [-0.1, -0.05) is 84.0 Å². The number of nitrogens with zero attached hydrogens (tertiary/aromatic N) is 3. The molecule has 0 N–H and O–H groups in total. The van der Waals surface area contributed by atoms with E-state index in [1.807, 2.05) is 60.7 Å². The van der Waals surface area contributed by atoms with E-state index in [1.54, 1.807) is 30.2 Å². The van der Waals surface area contributed by atoms with Crippen LogP contribution in [0.5, 0.6) is 5.75 Å². The molecule has 0 saturated heterocycles. The summed E-state index contributed by atoms with van der Waals surface area (Å²) in [4.78, 5) is 0.910. The van der Waals surface area contributed by atoms with Crippen molar-refractivity contribution < 1.29 is 4.74 Å². The number of fused-ring (bicyclic) bond motifs is 1. The molecule has 0 atom stereocenters. The van der Waals surface area contributed by atoms with Crippen molar-refractivity contribution in [3.8, 4) is 22.1 Å². The van der Waals surface area contributed by atoms with Gasteiger partial charge in [0.2, 0.25) is 0 Å². The summed E-state index contributed by atoms with van der Waals surface area (Å²) in [6.45, 7) is 0. The standard InChI is InChI=1S/C26H20ClN3OS2/c1-31-20-15-13-19(14-16-20)30-25(24-23(27)21-11-5-6-12-22(21)33-24)28-29-26(30)32-17-7-10-18-8-3-2-4-9-18/h2-16H,17H2,1H3. The molecule has 0 aliphatic carbocycles. The van der Waals surface area contributed by atoms with Gasteiger partial charge in [0.15, 0.2) is 11.0 Å². The molecular formula is C26H20ClN3OS2. The van der Waals surface area contributed by atoms with Crippen molar-refractivity contribution in [3.05, 3.63) is 95.5 Å². The number of methoxy groups -OCH3 is 1. The van der Waals surface area contributed by atoms with Gasteiger partial charge in [0.05, 0.1) is 22.7 Å². The second-order valence-corrected chi connectivity index (χ2v) is 9.62. The molecule has 2 heterocycles. The Morgan fingerprint density at radius 1 is 0.970 bits per heavy atom. The topological polar surface area (TPSA) is 39.9 Å². The van der Waals surface area contributed by atoms with Crippen molar-refractivity contribution in [3.63, 3.8) is 0 Å². The fourth-order valence-corrected chi connectivity index (χ4v) is 5.76. The summed E-state index contributed by atoms with van der Waals surface area (Å²) < 4.78 is 8.53. The van der Waals surface area contributed by atoms with Crippen molar-refractivity contribution >= 4 is 50.9 Å². The van der Waals surface area contributed by atoms with E-state index < -0.39 is 0 Å². The van der Waals surface area contributed by atoms with Gasteiger partial charge in [-0.05, 0) is 35.9 Å². The zero-order valence-electron chi connectivity index (χ0n) is 17.8. The lowest BCUT2D eigenvalue weighted by atomic mass is 10.2. The second kappa shape index (κ2) is 9.83. The summed E-state index contributed by atoms with van der Waals surface area (Å²) in [5.41, 5.74) is 2.13. The molecule has 0 bridgehead atoms. The van der Waals surface area contributed by atoms with Gasteiger partial charge >= 0.3 is 0 Å². The van der Waals surface area contributed by atoms with Gasteiger partial charge < -0.3 is 4.74 Å². The van der Waals surface area contributed by atoms with Crippen molar-refractivity contribution in [2.45, 2.75) is 5.16 Å². The number of thioether (sulfide) groups is 1. The fourth-order valence-electron chi connectivity index (χ4n) is 3.50. The van der Waals surface area contributed by atoms with E-state index in [4.69, 9.17) is 16.3 Å². The van der Waals surface area contributed by atoms with E-state index in [2.05, 4.69) is 45.1 Å². The lowest BCUT2D eigenvalue weighted by Crippen LogP contribution is -1.99. The molecular weight excluding hydrogens is 470 g/mol. The quantitative estimate of drug-likeness (QED) is 0.220. The second-order valence-electron chi connectivity index (χ2n) is 7.21. The lowest BCUT2D eigenvalue weighted by Gasteiger charge is -2.10. The molecule has 0 aliphatic heterocycles. The molecule has 0 aliphatic rings. The van der Waals surface area contributed by atoms with Gasteiger partial charge in [-0.25, -0.2) is 0 Å². The number of rotatable bonds is 7. The highest BCUT2D eigenvalue weighted by atomic mass is 35.5. The third-order valence-electron chi connectivity index (χ3n) is 5.12. The Hall–Kier alpha value is -3.06. The van der Waals surface area contributed by atoms with Crippen LogP contribution in [0.4, 0.5) is 0 Å². The van der Waals surface area contributed by atoms with Crippen LogP contribution in [-0.2, 0) is 0 Å². The number of aromatic nitrogens is 3. The van der Waals surface area contributed by atoms with E-state index in [9.17, 15) is 0 Å². The van der Waals surface area contributed by atoms with E-state index in [0.717, 1.165) is 43.1 Å². The van der Waals surface area contributed by atoms with Crippen LogP contribution in [0, 0.1) is 0 Å². The number of benzene rings is 3. The molecule has 0 saturated carbocycles. The van der Waals surface area contributed by atoms with Gasteiger partial charge in [0.25, 0.3) is 0 Å². The highest BCUT2D eigenvalue weighted by Gasteiger charge is 2.21. The molecule has 0 unspecified atom stereocenters. The van der Waals surface area contributed by atoms with E-state index >= 15 is 0 Å². The Morgan fingerprint density at radius 3 is 2.48 bits per heavy atom. The first-order chi connectivity index (χ1) is 16.2. The number of halogens is 1. The van der Waals surface area contributed by atoms with E-state index in [1.165, 1.54) is 5.56 Å². The lowest BCUT2D eigenvalue weighted by molar-refractivity contribution is 0.414. The maximum absolute atomic E-state index is 6.79. The van der Waals surface area contributed by atoms with Gasteiger partial charge in [0, 0.05) is 15.8 Å². The molecule has 3 aromatic carbocycles. The summed E-state index contributed by atoms with van der Waals surface area (Å²) in [6, 6.07) is 26.3. The minimum absolute atomic E-state index is 0.707. The Kier molecular flexibility index (Phi) is 6.48. The molecule has 7 heteroatoms. The maximum atomic E-state index is 6.79. The number of ether oxygens (including phenoxy) is 1. The summed E-state index contributed by atoms with van der Waals surface area (Å²) >= 11 is 10.1. The van der Waals surface area contributed by atoms with Gasteiger partial charge in [-0.3, -0.25) is 4.57 Å². The molecule has 4 nitrogen and oxygen atoms in total. The van der Waals surface area contributed by atoms with Crippen LogP contribution in [-0.4, -0.2) is 27.6 Å². The molecule has 5 rings (SSSR count). The molecule has 2 aromatic heterocycles. The Balaban J connectivity index is 1.52. The van der Waals surface area contributed by atoms with Crippen LogP contribution >= 0.6 is 34.7 Å². The number of hydrogen-bond acceptors (Lipinski definition) is 5. The highest BCUT2D eigenvalue weighted by molar-refractivity contribution is 7.99. The van der Waals surface area contributed by atoms with Crippen molar-refractivity contribution in [2.24, 2.45) is 0 Å². The van der Waals surface area contributed by atoms with Crippen molar-refractivity contribution in [2.75, 3.05) is 12.9 Å². The normalized spacial score (nSPS) is 11.5. The summed E-state index contributed by atoms with van der Waals surface area (Å²) in [5.74, 6) is 2.30. The zero-order valence-corrected chi connectivity index (χ0v) is 20.2. The summed E-state index contributed by atoms with van der Waals surface area (Å²) in [6.07, 6.45) is 4.25. The first kappa shape index (κ1) is 21.8. The van der Waals surface area contributed by atoms with Crippen molar-refractivity contribution in [1.29, 1.82) is 0 Å². The maximum Gasteiger partial charge on any atom is 0.196 e. The van der Waals surface area contributed by atoms with Gasteiger partial charge in [-0.2, -0.15) is 0 Å². The highest BCUT2D eigenvalue weighted by Crippen LogP contribution is 2.42. The molecule has 0 fully saturated rings. The Morgan fingerprint density at radius 2 is 1.73 bits per heavy atom. The third kappa shape index (κ3) is 4.55. The minimum atomic E-state index is 0.707. The van der Waals surface area contributed by atoms with Crippen LogP contribution in [0.1, 0.15) is 5.56 Å². The molecule has 164 valence electrons. The zero-order chi connectivity index (χ0) is 22.6. The van der Waals surface area contributed by atoms with Gasteiger partial charge in [-0.15, -0.1) is 21.5 Å². The summed E-state index contributed by atoms with van der Waals surface area (Å²) in [5, 5.41) is 11.6. The van der Waals surface area contributed by atoms with Crippen LogP contribution < -0.4 is 4.74 Å². The smallest absolute Gasteiger partial charge is 0.196 e. The van der Waals surface area contributed by atoms with E-state index in [0.29, 0.717) is 5.02 Å². The first-order valence-electron chi connectivity index (χ1n) is 10.4.